The average molecular weight is 292 g/mol. The fourth-order valence-corrected chi connectivity index (χ4v) is 2.07. The summed E-state index contributed by atoms with van der Waals surface area (Å²) in [7, 11) is 3.13. The van der Waals surface area contributed by atoms with Gasteiger partial charge in [0.1, 0.15) is 11.2 Å². The molecule has 1 aromatic carbocycles. The van der Waals surface area contributed by atoms with E-state index in [1.165, 1.54) is 0 Å². The number of benzene rings is 1. The van der Waals surface area contributed by atoms with Crippen LogP contribution in [0.5, 0.6) is 5.75 Å². The van der Waals surface area contributed by atoms with Crippen molar-refractivity contribution in [3.05, 3.63) is 24.3 Å². The van der Waals surface area contributed by atoms with Gasteiger partial charge in [-0.05, 0) is 25.0 Å². The highest BCUT2D eigenvalue weighted by Crippen LogP contribution is 2.46. The quantitative estimate of drug-likeness (QED) is 0.584. The standard InChI is InChI=1S/C15H20N2O4/c1-20-9-8-16-13(18)15(6-7-15)14(19)17-11-4-3-5-12(10-11)21-2/h3-5,10H,6-9H2,1-2H3,(H,16,18)(H,17,19). The van der Waals surface area contributed by atoms with E-state index in [9.17, 15) is 9.59 Å². The first kappa shape index (κ1) is 15.3. The number of hydrogen-bond acceptors (Lipinski definition) is 4. The van der Waals surface area contributed by atoms with Crippen LogP contribution in [0.2, 0.25) is 0 Å². The second-order valence-corrected chi connectivity index (χ2v) is 5.02. The fraction of sp³-hybridized carbons (Fsp3) is 0.467. The van der Waals surface area contributed by atoms with Gasteiger partial charge in [0.2, 0.25) is 11.8 Å². The van der Waals surface area contributed by atoms with E-state index in [0.29, 0.717) is 37.4 Å². The minimum Gasteiger partial charge on any atom is -0.497 e. The van der Waals surface area contributed by atoms with Gasteiger partial charge in [-0.15, -0.1) is 0 Å². The van der Waals surface area contributed by atoms with Gasteiger partial charge >= 0.3 is 0 Å². The number of methoxy groups -OCH3 is 2. The van der Waals surface area contributed by atoms with Crippen molar-refractivity contribution in [3.8, 4) is 5.75 Å². The van der Waals surface area contributed by atoms with Gasteiger partial charge in [0.05, 0.1) is 13.7 Å². The van der Waals surface area contributed by atoms with Gasteiger partial charge in [0.15, 0.2) is 0 Å². The van der Waals surface area contributed by atoms with Crippen LogP contribution in [0, 0.1) is 5.41 Å². The number of rotatable bonds is 7. The molecule has 1 fully saturated rings. The fourth-order valence-electron chi connectivity index (χ4n) is 2.07. The summed E-state index contributed by atoms with van der Waals surface area (Å²) in [6.45, 7) is 0.836. The number of carbonyl (C=O) groups excluding carboxylic acids is 2. The van der Waals surface area contributed by atoms with E-state index < -0.39 is 5.41 Å². The van der Waals surface area contributed by atoms with Gasteiger partial charge in [-0.1, -0.05) is 6.07 Å². The van der Waals surface area contributed by atoms with Crippen LogP contribution < -0.4 is 15.4 Å². The molecule has 0 heterocycles. The minimum absolute atomic E-state index is 0.236. The first-order valence-corrected chi connectivity index (χ1v) is 6.85. The maximum atomic E-state index is 12.3. The van der Waals surface area contributed by atoms with E-state index in [1.54, 1.807) is 38.5 Å². The summed E-state index contributed by atoms with van der Waals surface area (Å²) >= 11 is 0. The molecule has 0 saturated heterocycles. The maximum Gasteiger partial charge on any atom is 0.240 e. The van der Waals surface area contributed by atoms with E-state index in [1.807, 2.05) is 0 Å². The Kier molecular flexibility index (Phi) is 4.80. The van der Waals surface area contributed by atoms with Crippen molar-refractivity contribution in [1.29, 1.82) is 0 Å². The number of nitrogens with one attached hydrogen (secondary N) is 2. The van der Waals surface area contributed by atoms with Crippen LogP contribution in [0.1, 0.15) is 12.8 Å². The third kappa shape index (κ3) is 3.52. The number of carbonyl (C=O) groups is 2. The van der Waals surface area contributed by atoms with Crippen molar-refractivity contribution in [2.45, 2.75) is 12.8 Å². The van der Waals surface area contributed by atoms with E-state index in [0.717, 1.165) is 0 Å². The number of ether oxygens (including phenoxy) is 2. The van der Waals surface area contributed by atoms with Crippen molar-refractivity contribution >= 4 is 17.5 Å². The highest BCUT2D eigenvalue weighted by atomic mass is 16.5. The lowest BCUT2D eigenvalue weighted by molar-refractivity contribution is -0.134. The average Bonchev–Trinajstić information content (AvgIpc) is 3.29. The van der Waals surface area contributed by atoms with Crippen molar-refractivity contribution < 1.29 is 19.1 Å². The molecule has 0 atom stereocenters. The molecule has 2 N–H and O–H groups in total. The third-order valence-electron chi connectivity index (χ3n) is 3.54. The van der Waals surface area contributed by atoms with Crippen molar-refractivity contribution in [3.63, 3.8) is 0 Å². The molecule has 0 aromatic heterocycles. The normalized spacial score (nSPS) is 15.1. The lowest BCUT2D eigenvalue weighted by Gasteiger charge is -2.15. The van der Waals surface area contributed by atoms with Gasteiger partial charge in [0.25, 0.3) is 0 Å². The Hall–Kier alpha value is -2.08. The summed E-state index contributed by atoms with van der Waals surface area (Å²) in [5.41, 5.74) is -0.313. The Labute approximate surface area is 123 Å². The Bertz CT molecular complexity index is 526. The Balaban J connectivity index is 1.97. The van der Waals surface area contributed by atoms with Crippen LogP contribution in [0.3, 0.4) is 0 Å². The summed E-state index contributed by atoms with van der Waals surface area (Å²) in [6, 6.07) is 7.06. The Morgan fingerprint density at radius 2 is 2.00 bits per heavy atom. The van der Waals surface area contributed by atoms with Crippen LogP contribution in [-0.2, 0) is 14.3 Å². The van der Waals surface area contributed by atoms with Gasteiger partial charge in [-0.2, -0.15) is 0 Å². The summed E-state index contributed by atoms with van der Waals surface area (Å²) < 4.78 is 9.98. The third-order valence-corrected chi connectivity index (χ3v) is 3.54. The van der Waals surface area contributed by atoms with Gasteiger partial charge < -0.3 is 20.1 Å². The minimum atomic E-state index is -0.934. The molecule has 0 spiro atoms. The van der Waals surface area contributed by atoms with Crippen LogP contribution in [0.25, 0.3) is 0 Å². The van der Waals surface area contributed by atoms with Crippen LogP contribution >= 0.6 is 0 Å². The number of anilines is 1. The molecule has 0 radical (unpaired) electrons. The summed E-state index contributed by atoms with van der Waals surface area (Å²) in [5.74, 6) is 0.146. The topological polar surface area (TPSA) is 76.7 Å². The van der Waals surface area contributed by atoms with Crippen molar-refractivity contribution in [2.75, 3.05) is 32.7 Å². The van der Waals surface area contributed by atoms with Crippen LogP contribution in [0.15, 0.2) is 24.3 Å². The van der Waals surface area contributed by atoms with Gasteiger partial charge in [-0.3, -0.25) is 9.59 Å². The molecule has 21 heavy (non-hydrogen) atoms. The van der Waals surface area contributed by atoms with Gasteiger partial charge in [-0.25, -0.2) is 0 Å². The number of amides is 2. The Morgan fingerprint density at radius 1 is 1.24 bits per heavy atom. The maximum absolute atomic E-state index is 12.3. The van der Waals surface area contributed by atoms with E-state index >= 15 is 0 Å². The van der Waals surface area contributed by atoms with E-state index in [4.69, 9.17) is 9.47 Å². The molecule has 6 nitrogen and oxygen atoms in total. The molecule has 2 rings (SSSR count). The van der Waals surface area contributed by atoms with Crippen LogP contribution in [-0.4, -0.2) is 39.2 Å². The molecule has 6 heteroatoms. The van der Waals surface area contributed by atoms with Crippen LogP contribution in [0.4, 0.5) is 5.69 Å². The van der Waals surface area contributed by atoms with Crippen molar-refractivity contribution in [1.82, 2.24) is 5.32 Å². The predicted molar refractivity (Wildman–Crippen MR) is 78.2 cm³/mol. The highest BCUT2D eigenvalue weighted by molar-refractivity contribution is 6.13. The molecule has 114 valence electrons. The zero-order chi connectivity index (χ0) is 15.3. The lowest BCUT2D eigenvalue weighted by atomic mass is 10.1. The second-order valence-electron chi connectivity index (χ2n) is 5.02. The molecule has 0 unspecified atom stereocenters. The lowest BCUT2D eigenvalue weighted by Crippen LogP contribution is -2.41. The molecule has 1 saturated carbocycles. The molecule has 0 bridgehead atoms. The largest absolute Gasteiger partial charge is 0.497 e. The zero-order valence-electron chi connectivity index (χ0n) is 12.3. The Morgan fingerprint density at radius 3 is 2.62 bits per heavy atom. The second kappa shape index (κ2) is 6.58. The number of hydrogen-bond donors (Lipinski definition) is 2. The SMILES string of the molecule is COCCNC(=O)C1(C(=O)Nc2cccc(OC)c2)CC1. The first-order valence-electron chi connectivity index (χ1n) is 6.85. The van der Waals surface area contributed by atoms with E-state index in [-0.39, 0.29) is 11.8 Å². The van der Waals surface area contributed by atoms with E-state index in [2.05, 4.69) is 10.6 Å². The van der Waals surface area contributed by atoms with Crippen molar-refractivity contribution in [2.24, 2.45) is 5.41 Å². The molecule has 0 aliphatic heterocycles. The molecule has 1 aliphatic rings. The van der Waals surface area contributed by atoms with Gasteiger partial charge in [0, 0.05) is 25.4 Å². The molecular weight excluding hydrogens is 272 g/mol. The predicted octanol–water partition coefficient (Wildman–Crippen LogP) is 1.18. The monoisotopic (exact) mass is 292 g/mol. The molecule has 1 aromatic rings. The summed E-state index contributed by atoms with van der Waals surface area (Å²) in [5, 5.41) is 5.51. The molecule has 2 amide bonds. The zero-order valence-corrected chi connectivity index (χ0v) is 12.3. The first-order chi connectivity index (χ1) is 10.1. The summed E-state index contributed by atoms with van der Waals surface area (Å²) in [6.07, 6.45) is 1.14. The molecule has 1 aliphatic carbocycles. The highest BCUT2D eigenvalue weighted by Gasteiger charge is 2.56. The smallest absolute Gasteiger partial charge is 0.240 e. The molecular formula is C15H20N2O4. The summed E-state index contributed by atoms with van der Waals surface area (Å²) in [4.78, 5) is 24.4.